The van der Waals surface area contributed by atoms with E-state index in [0.29, 0.717) is 17.5 Å². The number of benzene rings is 9. The summed E-state index contributed by atoms with van der Waals surface area (Å²) in [7, 11) is -0.968. The van der Waals surface area contributed by atoms with E-state index in [1.807, 2.05) is 60.7 Å². The molecular formula is C73H70B2N6O4. The molecule has 0 atom stereocenters. The first-order valence-corrected chi connectivity index (χ1v) is 29.4. The van der Waals surface area contributed by atoms with Gasteiger partial charge in [-0.15, -0.1) is 0 Å². The maximum absolute atomic E-state index is 6.53. The van der Waals surface area contributed by atoms with Crippen LogP contribution < -0.4 is 20.7 Å². The molecule has 422 valence electrons. The van der Waals surface area contributed by atoms with Gasteiger partial charge in [-0.25, -0.2) is 15.0 Å². The Bertz CT molecular complexity index is 4050. The summed E-state index contributed by atoms with van der Waals surface area (Å²) in [6.07, 6.45) is 0. The molecule has 0 aliphatic carbocycles. The van der Waals surface area contributed by atoms with Crippen LogP contribution in [-0.2, 0) is 18.6 Å². The van der Waals surface area contributed by atoms with Gasteiger partial charge in [0.15, 0.2) is 17.5 Å². The van der Waals surface area contributed by atoms with Gasteiger partial charge in [0, 0.05) is 67.3 Å². The van der Waals surface area contributed by atoms with Gasteiger partial charge in [0.1, 0.15) is 0 Å². The van der Waals surface area contributed by atoms with Crippen LogP contribution in [0.1, 0.15) is 77.6 Å². The summed E-state index contributed by atoms with van der Waals surface area (Å²) in [5.41, 5.74) is 16.8. The van der Waals surface area contributed by atoms with Crippen molar-refractivity contribution < 1.29 is 18.6 Å². The Morgan fingerprint density at radius 1 is 0.353 bits per heavy atom. The number of fused-ring (bicyclic) bond motifs is 3. The molecule has 10 nitrogen and oxygen atoms in total. The monoisotopic (exact) mass is 1120 g/mol. The molecule has 4 heterocycles. The minimum Gasteiger partial charge on any atom is -0.399 e. The molecule has 2 aromatic heterocycles. The third-order valence-electron chi connectivity index (χ3n) is 17.9. The number of hydrogen-bond donors (Lipinski definition) is 0. The quantitative estimate of drug-likeness (QED) is 0.111. The molecule has 85 heavy (non-hydrogen) atoms. The highest BCUT2D eigenvalue weighted by atomic mass is 16.7. The first kappa shape index (κ1) is 55.5. The lowest BCUT2D eigenvalue weighted by atomic mass is 9.79. The standard InChI is InChI=1S/C73H70B2N6O4/c1-47-26-38-63(49(3)42-47)79(56-32-28-54(29-33-56)74-82-70(5,6)71(7,8)83-74)59-36-40-65-61(45-59)62-46-60(80(64-39-27-48(2)43-50(64)4)57-34-30-55(31-35-57)75-84-72(9,10)73(11,12)85-75)37-41-66(62)81(65)58-25-19-24-53(44-58)69-77-67(51-20-15-13-16-21-51)76-68(78-69)52-22-17-14-18-23-52/h13-46H,1-12H3. The molecule has 2 aliphatic rings. The van der Waals surface area contributed by atoms with E-state index in [-0.39, 0.29) is 0 Å². The van der Waals surface area contributed by atoms with Gasteiger partial charge in [-0.2, -0.15) is 0 Å². The Morgan fingerprint density at radius 3 is 1.11 bits per heavy atom. The molecule has 0 N–H and O–H groups in total. The van der Waals surface area contributed by atoms with Crippen molar-refractivity contribution in [1.82, 2.24) is 19.5 Å². The van der Waals surface area contributed by atoms with E-state index in [2.05, 4.69) is 243 Å². The predicted molar refractivity (Wildman–Crippen MR) is 350 cm³/mol. The molecule has 0 unspecified atom stereocenters. The van der Waals surface area contributed by atoms with Crippen LogP contribution in [0.15, 0.2) is 206 Å². The van der Waals surface area contributed by atoms with Crippen molar-refractivity contribution in [2.75, 3.05) is 9.80 Å². The average Bonchev–Trinajstić information content (AvgIpc) is 2.66. The van der Waals surface area contributed by atoms with E-state index in [4.69, 9.17) is 33.6 Å². The molecule has 0 spiro atoms. The summed E-state index contributed by atoms with van der Waals surface area (Å²) in [6.45, 7) is 25.4. The zero-order valence-electron chi connectivity index (χ0n) is 50.6. The van der Waals surface area contributed by atoms with E-state index >= 15 is 0 Å². The lowest BCUT2D eigenvalue weighted by molar-refractivity contribution is 0.00578. The number of nitrogens with zero attached hydrogens (tertiary/aromatic N) is 6. The molecule has 13 rings (SSSR count). The van der Waals surface area contributed by atoms with Crippen LogP contribution in [0.25, 0.3) is 61.7 Å². The summed E-state index contributed by atoms with van der Waals surface area (Å²) in [5.74, 6) is 1.81. The molecule has 0 bridgehead atoms. The van der Waals surface area contributed by atoms with Crippen LogP contribution in [0.2, 0.25) is 0 Å². The molecule has 2 aliphatic heterocycles. The first-order valence-electron chi connectivity index (χ1n) is 29.4. The molecule has 2 saturated heterocycles. The van der Waals surface area contributed by atoms with E-state index < -0.39 is 36.6 Å². The highest BCUT2D eigenvalue weighted by molar-refractivity contribution is 6.62. The summed E-state index contributed by atoms with van der Waals surface area (Å²) >= 11 is 0. The van der Waals surface area contributed by atoms with Crippen molar-refractivity contribution in [2.24, 2.45) is 0 Å². The first-order chi connectivity index (χ1) is 40.7. The van der Waals surface area contributed by atoms with Gasteiger partial charge in [0.25, 0.3) is 0 Å². The van der Waals surface area contributed by atoms with Crippen LogP contribution in [0.3, 0.4) is 0 Å². The second kappa shape index (κ2) is 21.2. The third-order valence-corrected chi connectivity index (χ3v) is 17.9. The lowest BCUT2D eigenvalue weighted by Crippen LogP contribution is -2.41. The van der Waals surface area contributed by atoms with E-state index in [1.54, 1.807) is 0 Å². The number of aromatic nitrogens is 4. The number of rotatable bonds is 12. The van der Waals surface area contributed by atoms with Crippen molar-refractivity contribution in [3.05, 3.63) is 229 Å². The Morgan fingerprint density at radius 2 is 0.718 bits per heavy atom. The van der Waals surface area contributed by atoms with Crippen LogP contribution in [0.5, 0.6) is 0 Å². The fraction of sp³-hybridized carbons (Fsp3) is 0.219. The lowest BCUT2D eigenvalue weighted by Gasteiger charge is -2.32. The van der Waals surface area contributed by atoms with Crippen molar-refractivity contribution in [2.45, 2.75) is 105 Å². The van der Waals surface area contributed by atoms with Crippen LogP contribution in [-0.4, -0.2) is 56.2 Å². The van der Waals surface area contributed by atoms with E-state index in [0.717, 1.165) is 100 Å². The molecule has 0 saturated carbocycles. The summed E-state index contributed by atoms with van der Waals surface area (Å²) in [4.78, 5) is 20.1. The van der Waals surface area contributed by atoms with Gasteiger partial charge in [-0.05, 0) is 190 Å². The SMILES string of the molecule is Cc1ccc(N(c2ccc(B3OC(C)(C)C(C)(C)O3)cc2)c2ccc3c(c2)c2cc(N(c4ccc(B5OC(C)(C)C(C)(C)O5)cc4)c4ccc(C)cc4C)ccc2n3-c2cccc(-c3nc(-c4ccccc4)nc(-c4ccccc4)n3)c2)c(C)c1. The van der Waals surface area contributed by atoms with Crippen molar-refractivity contribution >= 4 is 81.1 Å². The molecule has 12 heteroatoms. The topological polar surface area (TPSA) is 87.0 Å². The van der Waals surface area contributed by atoms with Gasteiger partial charge >= 0.3 is 14.2 Å². The fourth-order valence-electron chi connectivity index (χ4n) is 11.8. The Balaban J connectivity index is 1.00. The van der Waals surface area contributed by atoms with E-state index in [1.165, 1.54) is 11.1 Å². The zero-order chi connectivity index (χ0) is 59.2. The largest absolute Gasteiger partial charge is 0.494 e. The summed E-state index contributed by atoms with van der Waals surface area (Å²) in [6, 6.07) is 73.2. The van der Waals surface area contributed by atoms with Gasteiger partial charge in [0.2, 0.25) is 0 Å². The molecule has 9 aromatic carbocycles. The van der Waals surface area contributed by atoms with Gasteiger partial charge < -0.3 is 33.0 Å². The number of aryl methyl sites for hydroxylation is 4. The molecule has 0 radical (unpaired) electrons. The van der Waals surface area contributed by atoms with Gasteiger partial charge in [0.05, 0.1) is 33.4 Å². The smallest absolute Gasteiger partial charge is 0.399 e. The fourth-order valence-corrected chi connectivity index (χ4v) is 11.8. The Labute approximate surface area is 500 Å². The minimum atomic E-state index is -0.484. The Hall–Kier alpha value is -8.64. The molecule has 11 aromatic rings. The molecule has 0 amide bonds. The Kier molecular flexibility index (Phi) is 13.8. The van der Waals surface area contributed by atoms with E-state index in [9.17, 15) is 0 Å². The van der Waals surface area contributed by atoms with Crippen molar-refractivity contribution in [3.8, 4) is 39.9 Å². The minimum absolute atomic E-state index is 0.461. The van der Waals surface area contributed by atoms with Crippen LogP contribution >= 0.6 is 0 Å². The third kappa shape index (κ3) is 10.2. The number of anilines is 6. The average molecular weight is 1120 g/mol. The van der Waals surface area contributed by atoms with Crippen molar-refractivity contribution in [1.29, 1.82) is 0 Å². The van der Waals surface area contributed by atoms with Gasteiger partial charge in [-0.1, -0.05) is 132 Å². The highest BCUT2D eigenvalue weighted by Gasteiger charge is 2.53. The predicted octanol–water partition coefficient (Wildman–Crippen LogP) is 16.7. The number of hydrogen-bond acceptors (Lipinski definition) is 9. The second-order valence-electron chi connectivity index (χ2n) is 24.9. The maximum Gasteiger partial charge on any atom is 0.494 e. The molecular weight excluding hydrogens is 1050 g/mol. The van der Waals surface area contributed by atoms with Crippen LogP contribution in [0.4, 0.5) is 34.1 Å². The van der Waals surface area contributed by atoms with Crippen LogP contribution in [0, 0.1) is 27.7 Å². The maximum atomic E-state index is 6.53. The van der Waals surface area contributed by atoms with Crippen molar-refractivity contribution in [3.63, 3.8) is 0 Å². The molecule has 2 fully saturated rings. The normalized spacial score (nSPS) is 15.9. The highest BCUT2D eigenvalue weighted by Crippen LogP contribution is 2.45. The zero-order valence-corrected chi connectivity index (χ0v) is 50.6. The van der Waals surface area contributed by atoms with Gasteiger partial charge in [-0.3, -0.25) is 0 Å². The summed E-state index contributed by atoms with van der Waals surface area (Å²) in [5, 5.41) is 2.16. The summed E-state index contributed by atoms with van der Waals surface area (Å²) < 4.78 is 28.5. The second-order valence-corrected chi connectivity index (χ2v) is 24.9.